The van der Waals surface area contributed by atoms with Crippen LogP contribution in [-0.4, -0.2) is 40.4 Å². The van der Waals surface area contributed by atoms with Crippen LogP contribution in [0, 0.1) is 6.92 Å². The molecule has 0 spiro atoms. The van der Waals surface area contributed by atoms with Gasteiger partial charge in [0.2, 0.25) is 5.95 Å². The molecule has 1 amide bonds. The van der Waals surface area contributed by atoms with Crippen LogP contribution in [0.3, 0.4) is 0 Å². The molecule has 1 aromatic heterocycles. The lowest BCUT2D eigenvalue weighted by molar-refractivity contribution is -0.137. The zero-order chi connectivity index (χ0) is 27.3. The van der Waals surface area contributed by atoms with Crippen molar-refractivity contribution in [3.8, 4) is 0 Å². The van der Waals surface area contributed by atoms with Crippen molar-refractivity contribution < 1.29 is 22.2 Å². The number of carbonyl (C=O) groups is 1. The lowest BCUT2D eigenvalue weighted by atomic mass is 10.1. The van der Waals surface area contributed by atoms with Crippen molar-refractivity contribution in [3.05, 3.63) is 70.4 Å². The number of anilines is 4. The summed E-state index contributed by atoms with van der Waals surface area (Å²) in [4.78, 5) is 19.9. The monoisotopic (exact) mass is 534 g/mol. The fourth-order valence-electron chi connectivity index (χ4n) is 3.63. The Labute approximate surface area is 216 Å². The van der Waals surface area contributed by atoms with Crippen LogP contribution in [0.15, 0.2) is 42.6 Å². The van der Waals surface area contributed by atoms with Crippen LogP contribution in [-0.2, 0) is 30.1 Å². The topological polar surface area (TPSA) is 99.2 Å². The Hall–Kier alpha value is -3.67. The number of aromatic nitrogens is 2. The Morgan fingerprint density at radius 1 is 1.14 bits per heavy atom. The molecule has 3 rings (SSSR count). The Balaban J connectivity index is 1.94. The summed E-state index contributed by atoms with van der Waals surface area (Å²) in [5, 5.41) is 8.31. The minimum absolute atomic E-state index is 0.0116. The molecule has 2 aromatic carbocycles. The summed E-state index contributed by atoms with van der Waals surface area (Å²) in [6.07, 6.45) is -1.86. The number of aryl methyl sites for hydroxylation is 2. The van der Waals surface area contributed by atoms with Gasteiger partial charge in [-0.2, -0.15) is 18.2 Å². The van der Waals surface area contributed by atoms with Gasteiger partial charge in [-0.3, -0.25) is 9.10 Å². The molecular formula is C25H29F3N6O2S. The lowest BCUT2D eigenvalue weighted by Crippen LogP contribution is -2.21. The third-order valence-corrected chi connectivity index (χ3v) is 6.70. The summed E-state index contributed by atoms with van der Waals surface area (Å²) in [5.74, 6) is -0.669. The number of hydrogen-bond acceptors (Lipinski definition) is 6. The van der Waals surface area contributed by atoms with E-state index in [0.717, 1.165) is 17.3 Å². The lowest BCUT2D eigenvalue weighted by Gasteiger charge is -2.21. The van der Waals surface area contributed by atoms with Gasteiger partial charge in [0.15, 0.2) is 0 Å². The first-order valence-electron chi connectivity index (χ1n) is 11.4. The minimum atomic E-state index is -4.68. The third-order valence-electron chi connectivity index (χ3n) is 5.73. The smallest absolute Gasteiger partial charge is 0.365 e. The first-order valence-corrected chi connectivity index (χ1v) is 12.9. The van der Waals surface area contributed by atoms with E-state index in [9.17, 15) is 22.2 Å². The van der Waals surface area contributed by atoms with Crippen LogP contribution in [0.25, 0.3) is 0 Å². The zero-order valence-electron chi connectivity index (χ0n) is 21.2. The summed E-state index contributed by atoms with van der Waals surface area (Å²) in [6, 6.07) is 10.4. The van der Waals surface area contributed by atoms with Gasteiger partial charge in [-0.15, -0.1) is 0 Å². The van der Waals surface area contributed by atoms with E-state index >= 15 is 0 Å². The largest absolute Gasteiger partial charge is 0.421 e. The average Bonchev–Trinajstić information content (AvgIpc) is 2.86. The number of benzene rings is 2. The van der Waals surface area contributed by atoms with Gasteiger partial charge < -0.3 is 16.0 Å². The van der Waals surface area contributed by atoms with Gasteiger partial charge in [-0.25, -0.2) is 9.19 Å². The Morgan fingerprint density at radius 2 is 1.86 bits per heavy atom. The maximum absolute atomic E-state index is 13.7. The van der Waals surface area contributed by atoms with Crippen molar-refractivity contribution in [1.29, 1.82) is 0 Å². The van der Waals surface area contributed by atoms with E-state index < -0.39 is 28.5 Å². The van der Waals surface area contributed by atoms with E-state index in [4.69, 9.17) is 0 Å². The number of alkyl halides is 3. The first kappa shape index (κ1) is 27.9. The van der Waals surface area contributed by atoms with Gasteiger partial charge in [0.1, 0.15) is 22.4 Å². The van der Waals surface area contributed by atoms with Crippen LogP contribution in [0.4, 0.5) is 36.3 Å². The fraction of sp³-hybridized carbons (Fsp3) is 0.320. The second kappa shape index (κ2) is 11.6. The van der Waals surface area contributed by atoms with Crippen molar-refractivity contribution in [2.75, 3.05) is 35.3 Å². The summed E-state index contributed by atoms with van der Waals surface area (Å²) in [7, 11) is 1.87. The quantitative estimate of drug-likeness (QED) is 0.364. The van der Waals surface area contributed by atoms with Crippen LogP contribution < -0.4 is 20.3 Å². The minimum Gasteiger partial charge on any atom is -0.365 e. The molecule has 3 aromatic rings. The zero-order valence-corrected chi connectivity index (χ0v) is 22.0. The molecule has 1 heterocycles. The van der Waals surface area contributed by atoms with Crippen molar-refractivity contribution in [2.45, 2.75) is 33.0 Å². The highest BCUT2D eigenvalue weighted by Crippen LogP contribution is 2.35. The Bertz CT molecular complexity index is 1320. The molecule has 8 nitrogen and oxygen atoms in total. The van der Waals surface area contributed by atoms with Crippen LogP contribution in [0.1, 0.15) is 39.5 Å². The van der Waals surface area contributed by atoms with Crippen molar-refractivity contribution in [2.24, 2.45) is 0 Å². The molecule has 0 aliphatic rings. The van der Waals surface area contributed by atoms with Crippen molar-refractivity contribution >= 4 is 40.0 Å². The molecule has 0 saturated carbocycles. The molecule has 0 aliphatic carbocycles. The molecule has 0 saturated heterocycles. The molecule has 0 fully saturated rings. The number of hydrogen-bond donors (Lipinski definition) is 3. The van der Waals surface area contributed by atoms with Gasteiger partial charge in [-0.05, 0) is 54.3 Å². The normalized spacial score (nSPS) is 12.1. The van der Waals surface area contributed by atoms with E-state index in [0.29, 0.717) is 28.9 Å². The number of carbonyl (C=O) groups excluding carboxylic acids is 1. The van der Waals surface area contributed by atoms with E-state index in [1.54, 1.807) is 35.6 Å². The molecule has 0 aliphatic heterocycles. The Kier molecular flexibility index (Phi) is 8.74. The summed E-state index contributed by atoms with van der Waals surface area (Å²) < 4.78 is 54.8. The summed E-state index contributed by atoms with van der Waals surface area (Å²) >= 11 is 0. The Morgan fingerprint density at radius 3 is 2.49 bits per heavy atom. The third kappa shape index (κ3) is 6.76. The highest BCUT2D eigenvalue weighted by atomic mass is 32.2. The molecule has 37 heavy (non-hydrogen) atoms. The maximum atomic E-state index is 13.7. The molecule has 0 bridgehead atoms. The maximum Gasteiger partial charge on any atom is 0.421 e. The molecule has 198 valence electrons. The molecule has 12 heteroatoms. The second-order valence-electron chi connectivity index (χ2n) is 8.29. The highest BCUT2D eigenvalue weighted by Gasteiger charge is 2.35. The van der Waals surface area contributed by atoms with E-state index in [2.05, 4.69) is 25.9 Å². The summed E-state index contributed by atoms with van der Waals surface area (Å²) in [6.45, 7) is 3.79. The van der Waals surface area contributed by atoms with E-state index in [-0.39, 0.29) is 18.4 Å². The van der Waals surface area contributed by atoms with Gasteiger partial charge in [-0.1, -0.05) is 19.1 Å². The molecule has 3 N–H and O–H groups in total. The van der Waals surface area contributed by atoms with Crippen LogP contribution in [0.5, 0.6) is 0 Å². The van der Waals surface area contributed by atoms with Gasteiger partial charge >= 0.3 is 6.18 Å². The predicted octanol–water partition coefficient (Wildman–Crippen LogP) is 4.81. The average molecular weight is 535 g/mol. The molecule has 1 unspecified atom stereocenters. The molecule has 0 radical (unpaired) electrons. The molecule has 1 atom stereocenters. The number of halogens is 3. The van der Waals surface area contributed by atoms with Crippen molar-refractivity contribution in [3.63, 3.8) is 0 Å². The first-order chi connectivity index (χ1) is 17.4. The summed E-state index contributed by atoms with van der Waals surface area (Å²) in [5.41, 5.74) is 3.03. The van der Waals surface area contributed by atoms with Crippen molar-refractivity contribution in [1.82, 2.24) is 15.3 Å². The van der Waals surface area contributed by atoms with Crippen LogP contribution >= 0.6 is 0 Å². The number of nitrogens with zero attached hydrogens (tertiary/aromatic N) is 3. The SMILES string of the molecule is CCc1cc(C(=O)NC)ccc1Nc1ncc(C(F)(F)F)c(NCc2ccc(C)cc2N(C)S(C)=O)n1. The second-order valence-corrected chi connectivity index (χ2v) is 9.69. The predicted molar refractivity (Wildman–Crippen MR) is 141 cm³/mol. The fourth-order valence-corrected chi connectivity index (χ4v) is 4.08. The number of amides is 1. The van der Waals surface area contributed by atoms with Gasteiger partial charge in [0.05, 0.1) is 5.69 Å². The highest BCUT2D eigenvalue weighted by molar-refractivity contribution is 7.85. The van der Waals surface area contributed by atoms with Gasteiger partial charge in [0, 0.05) is 44.3 Å². The molecular weight excluding hydrogens is 505 g/mol. The standard InChI is InChI=1S/C25H29F3N6O2S/c1-6-16-12-17(23(35)29-3)9-10-20(16)32-24-31-14-19(25(26,27)28)22(33-24)30-13-18-8-7-15(2)11-21(18)34(4)37(5)36/h7-12,14H,6,13H2,1-5H3,(H,29,35)(H2,30,31,32,33). The van der Waals surface area contributed by atoms with Crippen LogP contribution in [0.2, 0.25) is 0 Å². The van der Waals surface area contributed by atoms with E-state index in [1.807, 2.05) is 26.0 Å². The number of rotatable bonds is 9. The van der Waals surface area contributed by atoms with Gasteiger partial charge in [0.25, 0.3) is 5.91 Å². The number of nitrogens with one attached hydrogen (secondary N) is 3. The van der Waals surface area contributed by atoms with E-state index in [1.165, 1.54) is 13.3 Å².